The number of ketones is 1. The first-order valence-corrected chi connectivity index (χ1v) is 6.90. The molecule has 0 atom stereocenters. The van der Waals surface area contributed by atoms with Crippen molar-refractivity contribution >= 4 is 11.9 Å². The van der Waals surface area contributed by atoms with Crippen LogP contribution < -0.4 is 4.74 Å². The van der Waals surface area contributed by atoms with E-state index < -0.39 is 11.6 Å². The van der Waals surface area contributed by atoms with Gasteiger partial charge < -0.3 is 4.74 Å². The Morgan fingerprint density at radius 1 is 1.05 bits per heavy atom. The number of halogens is 2. The van der Waals surface area contributed by atoms with Gasteiger partial charge in [-0.1, -0.05) is 18.2 Å². The normalized spacial score (nSPS) is 15.6. The van der Waals surface area contributed by atoms with Gasteiger partial charge in [-0.2, -0.15) is 0 Å². The number of ether oxygens (including phenoxy) is 1. The second kappa shape index (κ2) is 5.37. The van der Waals surface area contributed by atoms with E-state index in [1.54, 1.807) is 0 Å². The molecule has 4 heteroatoms. The first-order valence-electron chi connectivity index (χ1n) is 6.90. The molecule has 0 amide bonds. The maximum atomic E-state index is 13.3. The summed E-state index contributed by atoms with van der Waals surface area (Å²) in [6, 6.07) is 7.31. The highest BCUT2D eigenvalue weighted by atomic mass is 19.2. The lowest BCUT2D eigenvalue weighted by molar-refractivity contribution is 0.0999. The minimum Gasteiger partial charge on any atom is -0.488 e. The molecular formula is C18H14F2O2. The maximum absolute atomic E-state index is 13.3. The molecule has 2 aromatic carbocycles. The number of carbonyl (C=O) groups is 1. The van der Waals surface area contributed by atoms with E-state index in [0.717, 1.165) is 23.3 Å². The van der Waals surface area contributed by atoms with E-state index in [4.69, 9.17) is 4.74 Å². The standard InChI is InChI=1S/C18H14F2O2/c1-10-3-4-11(2)18-16(10)17(21)13(9-22-18)7-12-5-6-14(19)15(20)8-12/h3-8H,9H2,1-2H3/b13-7+. The number of hydrogen-bond donors (Lipinski definition) is 0. The molecule has 22 heavy (non-hydrogen) atoms. The summed E-state index contributed by atoms with van der Waals surface area (Å²) in [7, 11) is 0. The zero-order chi connectivity index (χ0) is 15.9. The highest BCUT2D eigenvalue weighted by Crippen LogP contribution is 2.33. The largest absolute Gasteiger partial charge is 0.488 e. The zero-order valence-electron chi connectivity index (χ0n) is 12.2. The van der Waals surface area contributed by atoms with Crippen molar-refractivity contribution in [1.82, 2.24) is 0 Å². The summed E-state index contributed by atoms with van der Waals surface area (Å²) in [5, 5.41) is 0. The Bertz CT molecular complexity index is 807. The van der Waals surface area contributed by atoms with E-state index in [1.165, 1.54) is 12.1 Å². The van der Waals surface area contributed by atoms with E-state index in [9.17, 15) is 13.6 Å². The summed E-state index contributed by atoms with van der Waals surface area (Å²) >= 11 is 0. The molecule has 0 fully saturated rings. The number of fused-ring (bicyclic) bond motifs is 1. The second-order valence-electron chi connectivity index (χ2n) is 5.36. The van der Waals surface area contributed by atoms with Crippen LogP contribution in [0.4, 0.5) is 8.78 Å². The molecule has 112 valence electrons. The minimum absolute atomic E-state index is 0.120. The van der Waals surface area contributed by atoms with Gasteiger partial charge in [0.15, 0.2) is 17.4 Å². The van der Waals surface area contributed by atoms with Gasteiger partial charge in [0.1, 0.15) is 12.4 Å². The molecule has 0 bridgehead atoms. The molecule has 0 spiro atoms. The van der Waals surface area contributed by atoms with Crippen LogP contribution in [-0.4, -0.2) is 12.4 Å². The summed E-state index contributed by atoms with van der Waals surface area (Å²) in [6.45, 7) is 3.85. The summed E-state index contributed by atoms with van der Waals surface area (Å²) in [5.74, 6) is -1.38. The van der Waals surface area contributed by atoms with Crippen LogP contribution in [-0.2, 0) is 0 Å². The highest BCUT2D eigenvalue weighted by molar-refractivity contribution is 6.15. The lowest BCUT2D eigenvalue weighted by atomic mass is 9.93. The van der Waals surface area contributed by atoms with Crippen molar-refractivity contribution in [3.8, 4) is 5.75 Å². The molecule has 0 radical (unpaired) electrons. The lowest BCUT2D eigenvalue weighted by Gasteiger charge is -2.22. The summed E-state index contributed by atoms with van der Waals surface area (Å²) in [4.78, 5) is 12.6. The molecular weight excluding hydrogens is 286 g/mol. The van der Waals surface area contributed by atoms with E-state index in [-0.39, 0.29) is 12.4 Å². The van der Waals surface area contributed by atoms with Crippen LogP contribution in [0, 0.1) is 25.5 Å². The van der Waals surface area contributed by atoms with Gasteiger partial charge in [-0.25, -0.2) is 8.78 Å². The van der Waals surface area contributed by atoms with Crippen LogP contribution in [0.5, 0.6) is 5.75 Å². The molecule has 0 saturated heterocycles. The summed E-state index contributed by atoms with van der Waals surface area (Å²) in [5.41, 5.74) is 3.13. The van der Waals surface area contributed by atoms with Crippen molar-refractivity contribution in [3.63, 3.8) is 0 Å². The molecule has 1 aliphatic heterocycles. The smallest absolute Gasteiger partial charge is 0.196 e. The van der Waals surface area contributed by atoms with Gasteiger partial charge >= 0.3 is 0 Å². The van der Waals surface area contributed by atoms with Gasteiger partial charge in [-0.05, 0) is 48.7 Å². The Labute approximate surface area is 127 Å². The number of benzene rings is 2. The van der Waals surface area contributed by atoms with Crippen LogP contribution in [0.3, 0.4) is 0 Å². The van der Waals surface area contributed by atoms with Crippen LogP contribution in [0.2, 0.25) is 0 Å². The van der Waals surface area contributed by atoms with Crippen molar-refractivity contribution in [3.05, 3.63) is 69.8 Å². The summed E-state index contributed by atoms with van der Waals surface area (Å²) < 4.78 is 31.9. The fourth-order valence-electron chi connectivity index (χ4n) is 2.54. The third-order valence-corrected chi connectivity index (χ3v) is 3.74. The van der Waals surface area contributed by atoms with Gasteiger partial charge in [-0.15, -0.1) is 0 Å². The predicted octanol–water partition coefficient (Wildman–Crippen LogP) is 4.24. The van der Waals surface area contributed by atoms with Gasteiger partial charge in [0.25, 0.3) is 0 Å². The Balaban J connectivity index is 2.04. The van der Waals surface area contributed by atoms with Crippen molar-refractivity contribution in [1.29, 1.82) is 0 Å². The first kappa shape index (κ1) is 14.4. The molecule has 0 N–H and O–H groups in total. The fourth-order valence-corrected chi connectivity index (χ4v) is 2.54. The molecule has 0 saturated carbocycles. The maximum Gasteiger partial charge on any atom is 0.196 e. The van der Waals surface area contributed by atoms with E-state index in [2.05, 4.69) is 0 Å². The van der Waals surface area contributed by atoms with Crippen LogP contribution in [0.25, 0.3) is 6.08 Å². The molecule has 1 heterocycles. The second-order valence-corrected chi connectivity index (χ2v) is 5.36. The minimum atomic E-state index is -0.939. The van der Waals surface area contributed by atoms with Crippen molar-refractivity contribution < 1.29 is 18.3 Å². The van der Waals surface area contributed by atoms with Gasteiger partial charge in [0.05, 0.1) is 5.56 Å². The SMILES string of the molecule is Cc1ccc(C)c2c1OC/C(=C\c1ccc(F)c(F)c1)C2=O. The molecule has 1 aliphatic rings. The van der Waals surface area contributed by atoms with Crippen molar-refractivity contribution in [2.24, 2.45) is 0 Å². The van der Waals surface area contributed by atoms with E-state index in [0.29, 0.717) is 22.4 Å². The van der Waals surface area contributed by atoms with E-state index >= 15 is 0 Å². The number of carbonyl (C=O) groups excluding carboxylic acids is 1. The fraction of sp³-hybridized carbons (Fsp3) is 0.167. The monoisotopic (exact) mass is 300 g/mol. The Morgan fingerprint density at radius 2 is 1.77 bits per heavy atom. The van der Waals surface area contributed by atoms with Crippen molar-refractivity contribution in [2.75, 3.05) is 6.61 Å². The van der Waals surface area contributed by atoms with Crippen molar-refractivity contribution in [2.45, 2.75) is 13.8 Å². The van der Waals surface area contributed by atoms with Crippen LogP contribution in [0.15, 0.2) is 35.9 Å². The number of rotatable bonds is 1. The molecule has 0 aromatic heterocycles. The molecule has 0 unspecified atom stereocenters. The average Bonchev–Trinajstić information content (AvgIpc) is 2.49. The van der Waals surface area contributed by atoms with E-state index in [1.807, 2.05) is 26.0 Å². The Hall–Kier alpha value is -2.49. The van der Waals surface area contributed by atoms with Crippen LogP contribution >= 0.6 is 0 Å². The number of Topliss-reactive ketones (excluding diaryl/α,β-unsaturated/α-hetero) is 1. The zero-order valence-corrected chi connectivity index (χ0v) is 12.2. The Morgan fingerprint density at radius 3 is 2.50 bits per heavy atom. The van der Waals surface area contributed by atoms with Crippen LogP contribution in [0.1, 0.15) is 27.0 Å². The molecule has 2 aromatic rings. The number of aryl methyl sites for hydroxylation is 2. The first-order chi connectivity index (χ1) is 10.5. The number of hydrogen-bond acceptors (Lipinski definition) is 2. The molecule has 0 aliphatic carbocycles. The summed E-state index contributed by atoms with van der Waals surface area (Å²) in [6.07, 6.45) is 1.54. The van der Waals surface area contributed by atoms with Gasteiger partial charge in [0, 0.05) is 5.57 Å². The third kappa shape index (κ3) is 2.41. The van der Waals surface area contributed by atoms with Gasteiger partial charge in [-0.3, -0.25) is 4.79 Å². The molecule has 3 rings (SSSR count). The average molecular weight is 300 g/mol. The third-order valence-electron chi connectivity index (χ3n) is 3.74. The topological polar surface area (TPSA) is 26.3 Å². The Kier molecular flexibility index (Phi) is 3.53. The quantitative estimate of drug-likeness (QED) is 0.736. The lowest BCUT2D eigenvalue weighted by Crippen LogP contribution is -2.21. The predicted molar refractivity (Wildman–Crippen MR) is 80.1 cm³/mol. The highest BCUT2D eigenvalue weighted by Gasteiger charge is 2.26. The van der Waals surface area contributed by atoms with Gasteiger partial charge in [0.2, 0.25) is 0 Å². The molecule has 2 nitrogen and oxygen atoms in total.